The fourth-order valence-electron chi connectivity index (χ4n) is 3.61. The molecule has 0 N–H and O–H groups in total. The molecule has 30 heavy (non-hydrogen) atoms. The Morgan fingerprint density at radius 3 is 2.70 bits per heavy atom. The highest BCUT2D eigenvalue weighted by molar-refractivity contribution is 5.97. The van der Waals surface area contributed by atoms with Crippen molar-refractivity contribution in [3.63, 3.8) is 0 Å². The number of fused-ring (bicyclic) bond motifs is 1. The Labute approximate surface area is 174 Å². The molecule has 2 aromatic carbocycles. The SMILES string of the molecule is COc1cccc(-c2nccc3c2CC(Cc2nnc(-c4ccc(C)cc4)o2)=N3)c1. The summed E-state index contributed by atoms with van der Waals surface area (Å²) in [4.78, 5) is 9.39. The number of nitrogens with zero attached hydrogens (tertiary/aromatic N) is 4. The van der Waals surface area contributed by atoms with Crippen molar-refractivity contribution in [2.75, 3.05) is 7.11 Å². The fourth-order valence-corrected chi connectivity index (χ4v) is 3.61. The van der Waals surface area contributed by atoms with Gasteiger partial charge in [0.15, 0.2) is 0 Å². The molecule has 4 aromatic rings. The van der Waals surface area contributed by atoms with Crippen LogP contribution in [0.2, 0.25) is 0 Å². The predicted molar refractivity (Wildman–Crippen MR) is 115 cm³/mol. The Morgan fingerprint density at radius 2 is 1.87 bits per heavy atom. The highest BCUT2D eigenvalue weighted by Gasteiger charge is 2.22. The predicted octanol–water partition coefficient (Wildman–Crippen LogP) is 4.99. The average Bonchev–Trinajstić information content (AvgIpc) is 3.41. The summed E-state index contributed by atoms with van der Waals surface area (Å²) in [5.74, 6) is 1.90. The summed E-state index contributed by atoms with van der Waals surface area (Å²) in [5, 5.41) is 8.41. The maximum atomic E-state index is 5.88. The Hall–Kier alpha value is -3.80. The van der Waals surface area contributed by atoms with Gasteiger partial charge < -0.3 is 9.15 Å². The molecule has 0 fully saturated rings. The number of aliphatic imine (C=N–C) groups is 1. The average molecular weight is 396 g/mol. The van der Waals surface area contributed by atoms with Gasteiger partial charge in [-0.05, 0) is 37.3 Å². The number of aromatic nitrogens is 3. The third kappa shape index (κ3) is 3.48. The van der Waals surface area contributed by atoms with E-state index in [2.05, 4.69) is 15.2 Å². The molecule has 0 radical (unpaired) electrons. The smallest absolute Gasteiger partial charge is 0.247 e. The lowest BCUT2D eigenvalue weighted by Crippen LogP contribution is -2.04. The third-order valence-corrected chi connectivity index (χ3v) is 5.15. The lowest BCUT2D eigenvalue weighted by molar-refractivity contribution is 0.415. The molecular formula is C24H20N4O2. The van der Waals surface area contributed by atoms with Gasteiger partial charge in [-0.1, -0.05) is 29.8 Å². The van der Waals surface area contributed by atoms with E-state index in [4.69, 9.17) is 14.1 Å². The molecule has 5 rings (SSSR count). The van der Waals surface area contributed by atoms with E-state index in [0.29, 0.717) is 24.6 Å². The highest BCUT2D eigenvalue weighted by Crippen LogP contribution is 2.35. The molecule has 2 aromatic heterocycles. The van der Waals surface area contributed by atoms with Crippen LogP contribution < -0.4 is 4.74 Å². The van der Waals surface area contributed by atoms with Crippen LogP contribution in [0.25, 0.3) is 22.7 Å². The standard InChI is InChI=1S/C24H20N4O2/c1-15-6-8-16(9-7-15)24-28-27-22(30-24)14-18-13-20-21(26-18)10-11-25-23(20)17-4-3-5-19(12-17)29-2/h3-12H,13-14H2,1-2H3. The second kappa shape index (κ2) is 7.55. The third-order valence-electron chi connectivity index (χ3n) is 5.15. The molecule has 0 spiro atoms. The lowest BCUT2D eigenvalue weighted by Gasteiger charge is -2.08. The van der Waals surface area contributed by atoms with Crippen molar-refractivity contribution in [3.05, 3.63) is 77.8 Å². The Kier molecular flexibility index (Phi) is 4.59. The van der Waals surface area contributed by atoms with Crippen LogP contribution in [-0.4, -0.2) is 28.0 Å². The monoisotopic (exact) mass is 396 g/mol. The first-order valence-electron chi connectivity index (χ1n) is 9.78. The fraction of sp³-hybridized carbons (Fsp3) is 0.167. The Bertz CT molecular complexity index is 1240. The molecule has 0 amide bonds. The second-order valence-corrected chi connectivity index (χ2v) is 7.29. The van der Waals surface area contributed by atoms with Crippen molar-refractivity contribution in [3.8, 4) is 28.5 Å². The maximum absolute atomic E-state index is 5.88. The van der Waals surface area contributed by atoms with Gasteiger partial charge in [-0.3, -0.25) is 9.98 Å². The molecule has 1 aliphatic heterocycles. The molecule has 0 saturated carbocycles. The van der Waals surface area contributed by atoms with E-state index in [0.717, 1.165) is 39.5 Å². The zero-order valence-electron chi connectivity index (χ0n) is 16.8. The number of hydrogen-bond donors (Lipinski definition) is 0. The first kappa shape index (κ1) is 18.2. The van der Waals surface area contributed by atoms with Crippen molar-refractivity contribution >= 4 is 11.4 Å². The molecule has 0 aliphatic carbocycles. The van der Waals surface area contributed by atoms with Crippen LogP contribution in [0, 0.1) is 6.92 Å². The maximum Gasteiger partial charge on any atom is 0.247 e. The van der Waals surface area contributed by atoms with Crippen molar-refractivity contribution in [1.29, 1.82) is 0 Å². The summed E-state index contributed by atoms with van der Waals surface area (Å²) in [6.45, 7) is 2.05. The van der Waals surface area contributed by atoms with Crippen LogP contribution in [0.15, 0.2) is 70.2 Å². The number of methoxy groups -OCH3 is 1. The molecule has 0 saturated heterocycles. The number of aryl methyl sites for hydroxylation is 1. The van der Waals surface area contributed by atoms with Gasteiger partial charge in [0.25, 0.3) is 0 Å². The van der Waals surface area contributed by atoms with Gasteiger partial charge in [0.2, 0.25) is 11.8 Å². The van der Waals surface area contributed by atoms with E-state index < -0.39 is 0 Å². The van der Waals surface area contributed by atoms with E-state index in [1.54, 1.807) is 13.3 Å². The van der Waals surface area contributed by atoms with Crippen molar-refractivity contribution < 1.29 is 9.15 Å². The van der Waals surface area contributed by atoms with Gasteiger partial charge in [0.05, 0.1) is 24.9 Å². The summed E-state index contributed by atoms with van der Waals surface area (Å²) in [6.07, 6.45) is 3.02. The van der Waals surface area contributed by atoms with Crippen molar-refractivity contribution in [2.45, 2.75) is 19.8 Å². The molecule has 0 bridgehead atoms. The minimum atomic E-state index is 0.519. The minimum absolute atomic E-state index is 0.519. The van der Waals surface area contributed by atoms with E-state index in [9.17, 15) is 0 Å². The number of ether oxygens (including phenoxy) is 1. The first-order chi connectivity index (χ1) is 14.7. The van der Waals surface area contributed by atoms with Gasteiger partial charge >= 0.3 is 0 Å². The second-order valence-electron chi connectivity index (χ2n) is 7.29. The van der Waals surface area contributed by atoms with Crippen LogP contribution in [0.5, 0.6) is 5.75 Å². The molecule has 3 heterocycles. The quantitative estimate of drug-likeness (QED) is 0.475. The minimum Gasteiger partial charge on any atom is -0.497 e. The molecule has 1 aliphatic rings. The van der Waals surface area contributed by atoms with Gasteiger partial charge in [0, 0.05) is 35.0 Å². The van der Waals surface area contributed by atoms with Gasteiger partial charge in [-0.25, -0.2) is 0 Å². The van der Waals surface area contributed by atoms with Crippen LogP contribution in [0.4, 0.5) is 5.69 Å². The van der Waals surface area contributed by atoms with Crippen molar-refractivity contribution in [1.82, 2.24) is 15.2 Å². The zero-order chi connectivity index (χ0) is 20.5. The first-order valence-corrected chi connectivity index (χ1v) is 9.78. The summed E-state index contributed by atoms with van der Waals surface area (Å²) in [5.41, 5.74) is 7.09. The summed E-state index contributed by atoms with van der Waals surface area (Å²) in [7, 11) is 1.67. The Balaban J connectivity index is 1.37. The van der Waals surface area contributed by atoms with Crippen LogP contribution in [0.1, 0.15) is 17.0 Å². The summed E-state index contributed by atoms with van der Waals surface area (Å²) >= 11 is 0. The zero-order valence-corrected chi connectivity index (χ0v) is 16.8. The van der Waals surface area contributed by atoms with E-state index in [1.165, 1.54) is 5.56 Å². The van der Waals surface area contributed by atoms with E-state index >= 15 is 0 Å². The molecule has 6 heteroatoms. The van der Waals surface area contributed by atoms with Gasteiger partial charge in [-0.2, -0.15) is 0 Å². The largest absolute Gasteiger partial charge is 0.497 e. The van der Waals surface area contributed by atoms with Crippen LogP contribution in [0.3, 0.4) is 0 Å². The van der Waals surface area contributed by atoms with E-state index in [1.807, 2.05) is 61.5 Å². The number of benzene rings is 2. The van der Waals surface area contributed by atoms with Crippen molar-refractivity contribution in [2.24, 2.45) is 4.99 Å². The molecule has 0 unspecified atom stereocenters. The number of pyridine rings is 1. The van der Waals surface area contributed by atoms with Gasteiger partial charge in [0.1, 0.15) is 5.75 Å². The highest BCUT2D eigenvalue weighted by atomic mass is 16.5. The Morgan fingerprint density at radius 1 is 1.00 bits per heavy atom. The topological polar surface area (TPSA) is 73.4 Å². The number of hydrogen-bond acceptors (Lipinski definition) is 6. The number of rotatable bonds is 5. The van der Waals surface area contributed by atoms with Crippen LogP contribution in [-0.2, 0) is 12.8 Å². The molecule has 6 nitrogen and oxygen atoms in total. The van der Waals surface area contributed by atoms with E-state index in [-0.39, 0.29) is 0 Å². The normalized spacial score (nSPS) is 12.5. The summed E-state index contributed by atoms with van der Waals surface area (Å²) in [6, 6.07) is 17.9. The van der Waals surface area contributed by atoms with Gasteiger partial charge in [-0.15, -0.1) is 10.2 Å². The molecule has 148 valence electrons. The van der Waals surface area contributed by atoms with Crippen LogP contribution >= 0.6 is 0 Å². The molecule has 0 atom stereocenters. The summed E-state index contributed by atoms with van der Waals surface area (Å²) < 4.78 is 11.2. The lowest BCUT2D eigenvalue weighted by atomic mass is 10.0. The molecular weight excluding hydrogens is 376 g/mol.